The average molecular weight is 438 g/mol. The van der Waals surface area contributed by atoms with Crippen molar-refractivity contribution in [1.29, 1.82) is 0 Å². The number of quaternary nitrogens is 1. The van der Waals surface area contributed by atoms with E-state index in [1.165, 1.54) is 17.0 Å². The van der Waals surface area contributed by atoms with Crippen molar-refractivity contribution in [3.63, 3.8) is 0 Å². The number of methoxy groups -OCH3 is 1. The van der Waals surface area contributed by atoms with Gasteiger partial charge in [-0.3, -0.25) is 4.79 Å². The summed E-state index contributed by atoms with van der Waals surface area (Å²) in [7, 11) is 1.57. The number of morpholine rings is 1. The number of benzene rings is 2. The molecule has 0 spiro atoms. The van der Waals surface area contributed by atoms with Crippen LogP contribution in [0.15, 0.2) is 46.9 Å². The Kier molecular flexibility index (Phi) is 6.82. The smallest absolute Gasteiger partial charge is 0.252 e. The molecule has 0 aromatic heterocycles. The Bertz CT molecular complexity index is 779. The fraction of sp³-hybridized carbons (Fsp3) is 0.350. The topological polar surface area (TPSA) is 52.0 Å². The third-order valence-corrected chi connectivity index (χ3v) is 5.48. The number of halogens is 2. The van der Waals surface area contributed by atoms with Crippen LogP contribution in [0.5, 0.6) is 5.75 Å². The van der Waals surface area contributed by atoms with E-state index in [1.54, 1.807) is 37.4 Å². The van der Waals surface area contributed by atoms with Gasteiger partial charge in [0.15, 0.2) is 0 Å². The predicted molar refractivity (Wildman–Crippen MR) is 104 cm³/mol. The van der Waals surface area contributed by atoms with Gasteiger partial charge in [-0.15, -0.1) is 0 Å². The van der Waals surface area contributed by atoms with Crippen LogP contribution >= 0.6 is 15.9 Å². The molecule has 1 aliphatic rings. The Hall–Kier alpha value is -1.96. The molecule has 0 saturated carbocycles. The van der Waals surface area contributed by atoms with Crippen LogP contribution in [0.3, 0.4) is 0 Å². The molecule has 1 heterocycles. The Morgan fingerprint density at radius 3 is 2.63 bits per heavy atom. The van der Waals surface area contributed by atoms with Gasteiger partial charge in [0.25, 0.3) is 5.91 Å². The van der Waals surface area contributed by atoms with Gasteiger partial charge in [-0.2, -0.15) is 0 Å². The van der Waals surface area contributed by atoms with E-state index in [0.29, 0.717) is 35.5 Å². The molecule has 2 aromatic carbocycles. The zero-order valence-corrected chi connectivity index (χ0v) is 16.7. The summed E-state index contributed by atoms with van der Waals surface area (Å²) in [6, 6.07) is 11.8. The lowest BCUT2D eigenvalue weighted by molar-refractivity contribution is -0.937. The zero-order chi connectivity index (χ0) is 19.2. The van der Waals surface area contributed by atoms with Gasteiger partial charge in [-0.05, 0) is 46.3 Å². The molecule has 0 unspecified atom stereocenters. The fourth-order valence-corrected chi connectivity index (χ4v) is 3.70. The molecule has 1 fully saturated rings. The maximum Gasteiger partial charge on any atom is 0.252 e. The summed E-state index contributed by atoms with van der Waals surface area (Å²) in [5, 5.41) is 3.02. The monoisotopic (exact) mass is 437 g/mol. The van der Waals surface area contributed by atoms with Crippen molar-refractivity contribution in [2.45, 2.75) is 6.04 Å². The summed E-state index contributed by atoms with van der Waals surface area (Å²) in [6.45, 7) is 3.51. The molecule has 2 aromatic rings. The van der Waals surface area contributed by atoms with Crippen LogP contribution in [0.1, 0.15) is 22.0 Å². The van der Waals surface area contributed by atoms with E-state index in [0.717, 1.165) is 18.7 Å². The average Bonchev–Trinajstić information content (AvgIpc) is 2.70. The highest BCUT2D eigenvalue weighted by atomic mass is 79.9. The molecule has 1 atom stereocenters. The SMILES string of the molecule is COc1ccc(Br)c(C(=O)NC[C@@H](c2ccc(F)cc2)[NH+]2CCOCC2)c1. The minimum absolute atomic E-state index is 0.0304. The summed E-state index contributed by atoms with van der Waals surface area (Å²) in [4.78, 5) is 14.0. The number of nitrogens with one attached hydrogen (secondary N) is 2. The van der Waals surface area contributed by atoms with Crippen LogP contribution in [0.4, 0.5) is 4.39 Å². The quantitative estimate of drug-likeness (QED) is 0.726. The number of rotatable bonds is 6. The molecule has 7 heteroatoms. The lowest BCUT2D eigenvalue weighted by atomic mass is 10.0. The number of carbonyl (C=O) groups excluding carboxylic acids is 1. The van der Waals surface area contributed by atoms with E-state index < -0.39 is 0 Å². The van der Waals surface area contributed by atoms with Crippen LogP contribution in [0.2, 0.25) is 0 Å². The van der Waals surface area contributed by atoms with Gasteiger partial charge in [-0.1, -0.05) is 12.1 Å². The van der Waals surface area contributed by atoms with E-state index in [4.69, 9.17) is 9.47 Å². The summed E-state index contributed by atoms with van der Waals surface area (Å²) >= 11 is 3.42. The molecule has 0 aliphatic carbocycles. The van der Waals surface area contributed by atoms with E-state index >= 15 is 0 Å². The van der Waals surface area contributed by atoms with Crippen LogP contribution in [-0.2, 0) is 4.74 Å². The predicted octanol–water partition coefficient (Wildman–Crippen LogP) is 1.98. The van der Waals surface area contributed by atoms with Crippen LogP contribution < -0.4 is 15.0 Å². The third-order valence-electron chi connectivity index (χ3n) is 4.79. The van der Waals surface area contributed by atoms with Crippen molar-refractivity contribution in [1.82, 2.24) is 5.32 Å². The van der Waals surface area contributed by atoms with E-state index in [1.807, 2.05) is 0 Å². The highest BCUT2D eigenvalue weighted by Gasteiger charge is 2.27. The molecule has 1 aliphatic heterocycles. The van der Waals surface area contributed by atoms with E-state index in [2.05, 4.69) is 21.2 Å². The van der Waals surface area contributed by atoms with Gasteiger partial charge < -0.3 is 19.7 Å². The number of hydrogen-bond donors (Lipinski definition) is 2. The number of amides is 1. The molecule has 0 radical (unpaired) electrons. The van der Waals surface area contributed by atoms with Crippen molar-refractivity contribution in [3.05, 3.63) is 63.9 Å². The molecule has 1 amide bonds. The number of hydrogen-bond acceptors (Lipinski definition) is 3. The van der Waals surface area contributed by atoms with Crippen molar-refractivity contribution < 1.29 is 23.6 Å². The maximum atomic E-state index is 13.3. The molecule has 3 rings (SSSR count). The van der Waals surface area contributed by atoms with Crippen molar-refractivity contribution in [2.75, 3.05) is 40.0 Å². The zero-order valence-electron chi connectivity index (χ0n) is 15.1. The minimum Gasteiger partial charge on any atom is -0.497 e. The number of carbonyl (C=O) groups is 1. The first-order chi connectivity index (χ1) is 13.1. The van der Waals surface area contributed by atoms with Gasteiger partial charge in [0, 0.05) is 10.0 Å². The summed E-state index contributed by atoms with van der Waals surface area (Å²) < 4.78 is 24.7. The Labute approximate surface area is 166 Å². The van der Waals surface area contributed by atoms with Gasteiger partial charge >= 0.3 is 0 Å². The van der Waals surface area contributed by atoms with Crippen LogP contribution in [0, 0.1) is 5.82 Å². The van der Waals surface area contributed by atoms with Gasteiger partial charge in [0.1, 0.15) is 30.7 Å². The molecule has 1 saturated heterocycles. The molecule has 5 nitrogen and oxygen atoms in total. The Morgan fingerprint density at radius 1 is 1.26 bits per heavy atom. The highest BCUT2D eigenvalue weighted by Crippen LogP contribution is 2.22. The second kappa shape index (κ2) is 9.30. The number of ether oxygens (including phenoxy) is 2. The first kappa shape index (κ1) is 19.8. The Balaban J connectivity index is 1.76. The molecule has 0 bridgehead atoms. The lowest BCUT2D eigenvalue weighted by Crippen LogP contribution is -3.15. The summed E-state index contributed by atoms with van der Waals surface area (Å²) in [5.41, 5.74) is 1.52. The fourth-order valence-electron chi connectivity index (χ4n) is 3.27. The molecule has 2 N–H and O–H groups in total. The molecule has 144 valence electrons. The normalized spacial score (nSPS) is 16.0. The van der Waals surface area contributed by atoms with Gasteiger partial charge in [-0.25, -0.2) is 4.39 Å². The van der Waals surface area contributed by atoms with Crippen molar-refractivity contribution in [2.24, 2.45) is 0 Å². The van der Waals surface area contributed by atoms with Crippen LogP contribution in [0.25, 0.3) is 0 Å². The van der Waals surface area contributed by atoms with Crippen LogP contribution in [-0.4, -0.2) is 45.9 Å². The second-order valence-electron chi connectivity index (χ2n) is 6.43. The van der Waals surface area contributed by atoms with Gasteiger partial charge in [0.2, 0.25) is 0 Å². The summed E-state index contributed by atoms with van der Waals surface area (Å²) in [6.07, 6.45) is 0. The summed E-state index contributed by atoms with van der Waals surface area (Å²) in [5.74, 6) is 0.177. The minimum atomic E-state index is -0.265. The molecular formula is C20H23BrFN2O3+. The maximum absolute atomic E-state index is 13.3. The van der Waals surface area contributed by atoms with Gasteiger partial charge in [0.05, 0.1) is 32.4 Å². The molecule has 27 heavy (non-hydrogen) atoms. The van der Waals surface area contributed by atoms with E-state index in [-0.39, 0.29) is 17.8 Å². The first-order valence-electron chi connectivity index (χ1n) is 8.88. The largest absolute Gasteiger partial charge is 0.497 e. The van der Waals surface area contributed by atoms with Crippen molar-refractivity contribution >= 4 is 21.8 Å². The standard InChI is InChI=1S/C20H22BrFN2O3/c1-26-16-6-7-18(21)17(12-16)20(25)23-13-19(24-8-10-27-11-9-24)14-2-4-15(22)5-3-14/h2-7,12,19H,8-11,13H2,1H3,(H,23,25)/p+1/t19-/m0/s1. The first-order valence-corrected chi connectivity index (χ1v) is 9.67. The Morgan fingerprint density at radius 2 is 1.96 bits per heavy atom. The highest BCUT2D eigenvalue weighted by molar-refractivity contribution is 9.10. The second-order valence-corrected chi connectivity index (χ2v) is 7.28. The third kappa shape index (κ3) is 5.06. The van der Waals surface area contributed by atoms with Crippen molar-refractivity contribution in [3.8, 4) is 5.75 Å². The lowest BCUT2D eigenvalue weighted by Gasteiger charge is -2.32. The molecular weight excluding hydrogens is 415 g/mol. The van der Waals surface area contributed by atoms with E-state index in [9.17, 15) is 9.18 Å².